The SMILES string of the molecule is COc1ccccc1NCC(=O)N/N=C1/C[C@@H]2C=CC[C@@H]12. The van der Waals surface area contributed by atoms with E-state index >= 15 is 0 Å². The van der Waals surface area contributed by atoms with Gasteiger partial charge in [-0.2, -0.15) is 5.10 Å². The van der Waals surface area contributed by atoms with Crippen LogP contribution in [0.25, 0.3) is 0 Å². The molecule has 1 fully saturated rings. The summed E-state index contributed by atoms with van der Waals surface area (Å²) in [6.45, 7) is 0.170. The van der Waals surface area contributed by atoms with Gasteiger partial charge in [0.1, 0.15) is 5.75 Å². The minimum atomic E-state index is -0.150. The van der Waals surface area contributed by atoms with Crippen LogP contribution in [0.1, 0.15) is 12.8 Å². The van der Waals surface area contributed by atoms with Crippen LogP contribution < -0.4 is 15.5 Å². The van der Waals surface area contributed by atoms with Gasteiger partial charge in [0.25, 0.3) is 5.91 Å². The van der Waals surface area contributed by atoms with Crippen molar-refractivity contribution in [2.45, 2.75) is 12.8 Å². The summed E-state index contributed by atoms with van der Waals surface area (Å²) in [6.07, 6.45) is 6.47. The number of hydrogen-bond acceptors (Lipinski definition) is 4. The van der Waals surface area contributed by atoms with Gasteiger partial charge in [0, 0.05) is 11.6 Å². The zero-order valence-electron chi connectivity index (χ0n) is 12.0. The topological polar surface area (TPSA) is 62.7 Å². The van der Waals surface area contributed by atoms with Crippen LogP contribution in [0.15, 0.2) is 41.5 Å². The highest BCUT2D eigenvalue weighted by molar-refractivity contribution is 5.95. The fraction of sp³-hybridized carbons (Fsp3) is 0.375. The number of ether oxygens (including phenoxy) is 1. The molecule has 5 heteroatoms. The molecule has 0 aromatic heterocycles. The first-order valence-electron chi connectivity index (χ1n) is 7.17. The van der Waals surface area contributed by atoms with E-state index in [-0.39, 0.29) is 12.5 Å². The average Bonchev–Trinajstić information content (AvgIpc) is 2.87. The van der Waals surface area contributed by atoms with Gasteiger partial charge in [0.15, 0.2) is 0 Å². The van der Waals surface area contributed by atoms with Crippen LogP contribution >= 0.6 is 0 Å². The Hall–Kier alpha value is -2.30. The molecule has 1 aromatic rings. The second kappa shape index (κ2) is 5.99. The molecule has 1 saturated carbocycles. The Morgan fingerprint density at radius 1 is 1.43 bits per heavy atom. The van der Waals surface area contributed by atoms with Gasteiger partial charge in [-0.1, -0.05) is 24.3 Å². The number of fused-ring (bicyclic) bond motifs is 1. The van der Waals surface area contributed by atoms with Crippen LogP contribution in [-0.2, 0) is 4.79 Å². The summed E-state index contributed by atoms with van der Waals surface area (Å²) >= 11 is 0. The van der Waals surface area contributed by atoms with Crippen LogP contribution in [0.5, 0.6) is 5.75 Å². The van der Waals surface area contributed by atoms with E-state index in [2.05, 4.69) is 28.0 Å². The fourth-order valence-electron chi connectivity index (χ4n) is 2.80. The Balaban J connectivity index is 1.48. The molecule has 3 rings (SSSR count). The first kappa shape index (κ1) is 13.7. The molecule has 2 aliphatic rings. The lowest BCUT2D eigenvalue weighted by Gasteiger charge is -2.31. The predicted molar refractivity (Wildman–Crippen MR) is 82.4 cm³/mol. The molecule has 110 valence electrons. The number of carbonyl (C=O) groups excluding carboxylic acids is 1. The van der Waals surface area contributed by atoms with Gasteiger partial charge in [0.05, 0.1) is 19.3 Å². The smallest absolute Gasteiger partial charge is 0.259 e. The first-order valence-corrected chi connectivity index (χ1v) is 7.17. The number of methoxy groups -OCH3 is 1. The number of rotatable bonds is 5. The van der Waals surface area contributed by atoms with E-state index in [0.717, 1.165) is 30.0 Å². The highest BCUT2D eigenvalue weighted by atomic mass is 16.5. The number of para-hydroxylation sites is 2. The molecule has 0 bridgehead atoms. The molecule has 0 heterocycles. The molecule has 2 atom stereocenters. The normalized spacial score (nSPS) is 24.3. The highest BCUT2D eigenvalue weighted by Crippen LogP contribution is 2.40. The summed E-state index contributed by atoms with van der Waals surface area (Å²) < 4.78 is 5.22. The number of allylic oxidation sites excluding steroid dienone is 2. The Labute approximate surface area is 124 Å². The van der Waals surface area contributed by atoms with Crippen molar-refractivity contribution in [3.63, 3.8) is 0 Å². The molecule has 0 spiro atoms. The zero-order chi connectivity index (χ0) is 14.7. The fourth-order valence-corrected chi connectivity index (χ4v) is 2.80. The molecular weight excluding hydrogens is 266 g/mol. The third-order valence-corrected chi connectivity index (χ3v) is 4.03. The van der Waals surface area contributed by atoms with Crippen molar-refractivity contribution in [3.05, 3.63) is 36.4 Å². The van der Waals surface area contributed by atoms with Gasteiger partial charge in [-0.15, -0.1) is 0 Å². The van der Waals surface area contributed by atoms with E-state index in [0.29, 0.717) is 11.8 Å². The molecule has 0 unspecified atom stereocenters. The number of hydrazone groups is 1. The molecule has 2 aliphatic carbocycles. The van der Waals surface area contributed by atoms with Crippen molar-refractivity contribution >= 4 is 17.3 Å². The lowest BCUT2D eigenvalue weighted by Crippen LogP contribution is -2.36. The third-order valence-electron chi connectivity index (χ3n) is 4.03. The summed E-state index contributed by atoms with van der Waals surface area (Å²) in [6, 6.07) is 7.50. The number of benzene rings is 1. The lowest BCUT2D eigenvalue weighted by molar-refractivity contribution is -0.119. The van der Waals surface area contributed by atoms with Crippen molar-refractivity contribution in [2.75, 3.05) is 19.0 Å². The van der Waals surface area contributed by atoms with Crippen molar-refractivity contribution < 1.29 is 9.53 Å². The Morgan fingerprint density at radius 3 is 3.10 bits per heavy atom. The molecule has 5 nitrogen and oxygen atoms in total. The Bertz CT molecular complexity index is 595. The van der Waals surface area contributed by atoms with Gasteiger partial charge in [0.2, 0.25) is 0 Å². The highest BCUT2D eigenvalue weighted by Gasteiger charge is 2.37. The van der Waals surface area contributed by atoms with E-state index in [1.165, 1.54) is 0 Å². The minimum Gasteiger partial charge on any atom is -0.495 e. The largest absolute Gasteiger partial charge is 0.495 e. The Morgan fingerprint density at radius 2 is 2.29 bits per heavy atom. The van der Waals surface area contributed by atoms with E-state index in [9.17, 15) is 4.79 Å². The standard InChI is InChI=1S/C16H19N3O2/c1-21-15-8-3-2-7-13(15)17-10-16(20)19-18-14-9-11-5-4-6-12(11)14/h2-5,7-8,11-12,17H,6,9-10H2,1H3,(H,19,20)/b18-14-/t11-,12+/m0/s1. The average molecular weight is 285 g/mol. The van der Waals surface area contributed by atoms with Crippen LogP contribution in [0.3, 0.4) is 0 Å². The number of hydrogen-bond donors (Lipinski definition) is 2. The monoisotopic (exact) mass is 285 g/mol. The van der Waals surface area contributed by atoms with Crippen LogP contribution in [0, 0.1) is 11.8 Å². The summed E-state index contributed by atoms with van der Waals surface area (Å²) in [4.78, 5) is 11.8. The maximum absolute atomic E-state index is 11.8. The predicted octanol–water partition coefficient (Wildman–Crippen LogP) is 2.18. The molecule has 1 aromatic carbocycles. The van der Waals surface area contributed by atoms with E-state index in [1.807, 2.05) is 24.3 Å². The van der Waals surface area contributed by atoms with E-state index in [1.54, 1.807) is 7.11 Å². The molecule has 0 radical (unpaired) electrons. The van der Waals surface area contributed by atoms with Crippen molar-refractivity contribution in [1.82, 2.24) is 5.43 Å². The van der Waals surface area contributed by atoms with Crippen molar-refractivity contribution in [1.29, 1.82) is 0 Å². The number of carbonyl (C=O) groups is 1. The van der Waals surface area contributed by atoms with Crippen molar-refractivity contribution in [2.24, 2.45) is 16.9 Å². The Kier molecular flexibility index (Phi) is 3.90. The minimum absolute atomic E-state index is 0.150. The van der Waals surface area contributed by atoms with Gasteiger partial charge in [-0.05, 0) is 30.9 Å². The number of anilines is 1. The van der Waals surface area contributed by atoms with Crippen molar-refractivity contribution in [3.8, 4) is 5.75 Å². The number of nitrogens with one attached hydrogen (secondary N) is 2. The molecule has 21 heavy (non-hydrogen) atoms. The maximum atomic E-state index is 11.8. The van der Waals surface area contributed by atoms with Gasteiger partial charge in [-0.25, -0.2) is 5.43 Å². The maximum Gasteiger partial charge on any atom is 0.259 e. The van der Waals surface area contributed by atoms with E-state index < -0.39 is 0 Å². The van der Waals surface area contributed by atoms with Crippen LogP contribution in [-0.4, -0.2) is 25.3 Å². The summed E-state index contributed by atoms with van der Waals surface area (Å²) in [5, 5.41) is 7.28. The van der Waals surface area contributed by atoms with Gasteiger partial charge < -0.3 is 10.1 Å². The second-order valence-electron chi connectivity index (χ2n) is 5.33. The van der Waals surface area contributed by atoms with Gasteiger partial charge >= 0.3 is 0 Å². The number of nitrogens with zero attached hydrogens (tertiary/aromatic N) is 1. The molecule has 1 amide bonds. The molecule has 0 saturated heterocycles. The molecular formula is C16H19N3O2. The first-order chi connectivity index (χ1) is 10.3. The quantitative estimate of drug-likeness (QED) is 0.644. The summed E-state index contributed by atoms with van der Waals surface area (Å²) in [5.41, 5.74) is 4.53. The zero-order valence-corrected chi connectivity index (χ0v) is 12.0. The summed E-state index contributed by atoms with van der Waals surface area (Å²) in [7, 11) is 1.61. The second-order valence-corrected chi connectivity index (χ2v) is 5.33. The lowest BCUT2D eigenvalue weighted by atomic mass is 9.74. The number of amides is 1. The summed E-state index contributed by atoms with van der Waals surface area (Å²) in [5.74, 6) is 1.73. The van der Waals surface area contributed by atoms with Crippen LogP contribution in [0.2, 0.25) is 0 Å². The molecule has 0 aliphatic heterocycles. The third kappa shape index (κ3) is 2.91. The van der Waals surface area contributed by atoms with Crippen LogP contribution in [0.4, 0.5) is 5.69 Å². The van der Waals surface area contributed by atoms with Gasteiger partial charge in [-0.3, -0.25) is 4.79 Å². The molecule has 2 N–H and O–H groups in total. The van der Waals surface area contributed by atoms with E-state index in [4.69, 9.17) is 4.74 Å².